The van der Waals surface area contributed by atoms with Crippen molar-refractivity contribution in [2.45, 2.75) is 17.2 Å². The molecule has 0 heterocycles. The summed E-state index contributed by atoms with van der Waals surface area (Å²) in [6, 6.07) is 6.99. The maximum atomic E-state index is 11.8. The van der Waals surface area contributed by atoms with Crippen LogP contribution in [0.15, 0.2) is 24.3 Å². The fourth-order valence-electron chi connectivity index (χ4n) is 1.70. The Kier molecular flexibility index (Phi) is 3.50. The van der Waals surface area contributed by atoms with Crippen LogP contribution in [-0.2, 0) is 16.0 Å². The first-order valence-electron chi connectivity index (χ1n) is 5.45. The van der Waals surface area contributed by atoms with E-state index in [0.29, 0.717) is 17.7 Å². The molecule has 96 valence electrons. The van der Waals surface area contributed by atoms with Gasteiger partial charge < -0.3 is 11.1 Å². The maximum Gasteiger partial charge on any atom is 0.230 e. The van der Waals surface area contributed by atoms with Crippen LogP contribution < -0.4 is 11.1 Å². The van der Waals surface area contributed by atoms with E-state index in [1.807, 2.05) is 0 Å². The van der Waals surface area contributed by atoms with Crippen molar-refractivity contribution in [2.75, 3.05) is 5.32 Å². The predicted molar refractivity (Wildman–Crippen MR) is 70.5 cm³/mol. The molecule has 0 saturated heterocycles. The van der Waals surface area contributed by atoms with Gasteiger partial charge in [0.15, 0.2) is 0 Å². The van der Waals surface area contributed by atoms with E-state index in [1.165, 1.54) is 0 Å². The highest BCUT2D eigenvalue weighted by Gasteiger charge is 2.56. The Balaban J connectivity index is 2.09. The van der Waals surface area contributed by atoms with Gasteiger partial charge in [-0.3, -0.25) is 9.59 Å². The number of hydrogen-bond donors (Lipinski definition) is 2. The highest BCUT2D eigenvalue weighted by atomic mass is 35.5. The quantitative estimate of drug-likeness (QED) is 0.829. The van der Waals surface area contributed by atoms with Crippen LogP contribution in [0, 0.1) is 5.92 Å². The number of rotatable bonds is 4. The third-order valence-electron chi connectivity index (χ3n) is 2.78. The number of benzene rings is 1. The molecule has 0 radical (unpaired) electrons. The van der Waals surface area contributed by atoms with E-state index < -0.39 is 16.2 Å². The van der Waals surface area contributed by atoms with Crippen LogP contribution in [0.5, 0.6) is 0 Å². The highest BCUT2D eigenvalue weighted by Crippen LogP contribution is 2.53. The lowest BCUT2D eigenvalue weighted by Gasteiger charge is -2.09. The number of hydrogen-bond acceptors (Lipinski definition) is 2. The molecule has 0 bridgehead atoms. The van der Waals surface area contributed by atoms with Gasteiger partial charge in [-0.05, 0) is 18.1 Å². The molecular weight excluding hydrogens is 275 g/mol. The average molecular weight is 287 g/mol. The van der Waals surface area contributed by atoms with Gasteiger partial charge in [0, 0.05) is 5.69 Å². The molecule has 2 amide bonds. The number of alkyl halides is 2. The Morgan fingerprint density at radius 1 is 1.39 bits per heavy atom. The number of nitrogens with one attached hydrogen (secondary N) is 1. The van der Waals surface area contributed by atoms with Crippen LogP contribution in [0.3, 0.4) is 0 Å². The lowest BCUT2D eigenvalue weighted by Crippen LogP contribution is -2.20. The summed E-state index contributed by atoms with van der Waals surface area (Å²) in [5, 5.41) is 2.72. The fourth-order valence-corrected chi connectivity index (χ4v) is 2.21. The third kappa shape index (κ3) is 2.94. The summed E-state index contributed by atoms with van der Waals surface area (Å²) in [7, 11) is 0. The van der Waals surface area contributed by atoms with Crippen molar-refractivity contribution in [3.63, 3.8) is 0 Å². The van der Waals surface area contributed by atoms with Gasteiger partial charge >= 0.3 is 0 Å². The first-order chi connectivity index (χ1) is 8.40. The van der Waals surface area contributed by atoms with Gasteiger partial charge in [-0.2, -0.15) is 0 Å². The summed E-state index contributed by atoms with van der Waals surface area (Å²) in [6.45, 7) is 0. The maximum absolute atomic E-state index is 11.8. The summed E-state index contributed by atoms with van der Waals surface area (Å²) in [5.74, 6) is -1.09. The predicted octanol–water partition coefficient (Wildman–Crippen LogP) is 1.85. The highest BCUT2D eigenvalue weighted by molar-refractivity contribution is 6.52. The molecule has 0 aliphatic heterocycles. The number of anilines is 1. The van der Waals surface area contributed by atoms with E-state index >= 15 is 0 Å². The van der Waals surface area contributed by atoms with Crippen molar-refractivity contribution in [3.8, 4) is 0 Å². The first-order valence-corrected chi connectivity index (χ1v) is 6.20. The van der Waals surface area contributed by atoms with Gasteiger partial charge in [0.2, 0.25) is 11.8 Å². The van der Waals surface area contributed by atoms with E-state index in [9.17, 15) is 9.59 Å². The monoisotopic (exact) mass is 286 g/mol. The molecule has 4 nitrogen and oxygen atoms in total. The molecular formula is C12H12Cl2N2O2. The molecule has 18 heavy (non-hydrogen) atoms. The molecule has 1 aliphatic rings. The fraction of sp³-hybridized carbons (Fsp3) is 0.333. The second-order valence-corrected chi connectivity index (χ2v) is 5.85. The van der Waals surface area contributed by atoms with Gasteiger partial charge in [0.25, 0.3) is 0 Å². The van der Waals surface area contributed by atoms with Crippen molar-refractivity contribution >= 4 is 40.7 Å². The first kappa shape index (κ1) is 13.2. The molecule has 1 unspecified atom stereocenters. The van der Waals surface area contributed by atoms with Gasteiger partial charge in [-0.25, -0.2) is 0 Å². The number of carbonyl (C=O) groups excluding carboxylic acids is 2. The zero-order valence-corrected chi connectivity index (χ0v) is 11.0. The topological polar surface area (TPSA) is 72.2 Å². The molecule has 1 aliphatic carbocycles. The summed E-state index contributed by atoms with van der Waals surface area (Å²) in [5.41, 5.74) is 6.39. The largest absolute Gasteiger partial charge is 0.369 e. The Morgan fingerprint density at radius 3 is 2.56 bits per heavy atom. The lowest BCUT2D eigenvalue weighted by atomic mass is 10.1. The van der Waals surface area contributed by atoms with Gasteiger partial charge in [0.05, 0.1) is 12.3 Å². The minimum Gasteiger partial charge on any atom is -0.369 e. The third-order valence-corrected chi connectivity index (χ3v) is 3.62. The second kappa shape index (κ2) is 4.78. The normalized spacial score (nSPS) is 20.2. The average Bonchev–Trinajstić information content (AvgIpc) is 2.90. The van der Waals surface area contributed by atoms with E-state index in [1.54, 1.807) is 24.3 Å². The Morgan fingerprint density at radius 2 is 2.00 bits per heavy atom. The van der Waals surface area contributed by atoms with E-state index in [4.69, 9.17) is 28.9 Å². The van der Waals surface area contributed by atoms with Crippen LogP contribution in [0.25, 0.3) is 0 Å². The van der Waals surface area contributed by atoms with Crippen molar-refractivity contribution < 1.29 is 9.59 Å². The molecule has 6 heteroatoms. The SMILES string of the molecule is NC(=O)Cc1ccccc1NC(=O)C1CC1(Cl)Cl. The molecule has 0 spiro atoms. The Labute approximate surface area is 114 Å². The summed E-state index contributed by atoms with van der Waals surface area (Å²) in [4.78, 5) is 22.8. The van der Waals surface area contributed by atoms with Gasteiger partial charge in [-0.1, -0.05) is 18.2 Å². The number of carbonyl (C=O) groups is 2. The van der Waals surface area contributed by atoms with Crippen molar-refractivity contribution in [1.82, 2.24) is 0 Å². The van der Waals surface area contributed by atoms with Gasteiger partial charge in [0.1, 0.15) is 4.33 Å². The minimum atomic E-state index is -0.956. The van der Waals surface area contributed by atoms with Crippen molar-refractivity contribution in [1.29, 1.82) is 0 Å². The van der Waals surface area contributed by atoms with Gasteiger partial charge in [-0.15, -0.1) is 23.2 Å². The molecule has 2 rings (SSSR count). The zero-order valence-electron chi connectivity index (χ0n) is 9.45. The number of nitrogens with two attached hydrogens (primary N) is 1. The Bertz CT molecular complexity index is 503. The standard InChI is InChI=1S/C12H12Cl2N2O2/c13-12(14)6-8(12)11(18)16-9-4-2-1-3-7(9)5-10(15)17/h1-4,8H,5-6H2,(H2,15,17)(H,16,18). The molecule has 1 fully saturated rings. The molecule has 1 atom stereocenters. The van der Waals surface area contributed by atoms with Crippen LogP contribution in [0.4, 0.5) is 5.69 Å². The van der Waals surface area contributed by atoms with E-state index in [2.05, 4.69) is 5.32 Å². The lowest BCUT2D eigenvalue weighted by molar-refractivity contribution is -0.118. The molecule has 1 saturated carbocycles. The Hall–Kier alpha value is -1.26. The number of para-hydroxylation sites is 1. The number of halogens is 2. The zero-order chi connectivity index (χ0) is 13.3. The van der Waals surface area contributed by atoms with Crippen molar-refractivity contribution in [3.05, 3.63) is 29.8 Å². The minimum absolute atomic E-state index is 0.0774. The van der Waals surface area contributed by atoms with Crippen LogP contribution in [0.1, 0.15) is 12.0 Å². The molecule has 1 aromatic carbocycles. The summed E-state index contributed by atoms with van der Waals surface area (Å²) in [6.07, 6.45) is 0.522. The number of primary amides is 1. The number of amides is 2. The summed E-state index contributed by atoms with van der Waals surface area (Å²) < 4.78 is -0.956. The molecule has 3 N–H and O–H groups in total. The van der Waals surface area contributed by atoms with E-state index in [-0.39, 0.29) is 12.3 Å². The van der Waals surface area contributed by atoms with Crippen LogP contribution >= 0.6 is 23.2 Å². The smallest absolute Gasteiger partial charge is 0.230 e. The van der Waals surface area contributed by atoms with Crippen LogP contribution in [0.2, 0.25) is 0 Å². The molecule has 0 aromatic heterocycles. The van der Waals surface area contributed by atoms with Crippen molar-refractivity contribution in [2.24, 2.45) is 11.7 Å². The second-order valence-electron chi connectivity index (χ2n) is 4.31. The van der Waals surface area contributed by atoms with Crippen LogP contribution in [-0.4, -0.2) is 16.1 Å². The molecule has 1 aromatic rings. The summed E-state index contributed by atoms with van der Waals surface area (Å²) >= 11 is 11.6. The van der Waals surface area contributed by atoms with E-state index in [0.717, 1.165) is 0 Å².